The summed E-state index contributed by atoms with van der Waals surface area (Å²) in [4.78, 5) is 26.0. The first-order valence-corrected chi connectivity index (χ1v) is 9.79. The van der Waals surface area contributed by atoms with Gasteiger partial charge >= 0.3 is 0 Å². The highest BCUT2D eigenvalue weighted by Crippen LogP contribution is 2.28. The van der Waals surface area contributed by atoms with Gasteiger partial charge in [-0.2, -0.15) is 0 Å². The molecule has 0 radical (unpaired) electrons. The minimum atomic E-state index is -0.405. The van der Waals surface area contributed by atoms with Crippen LogP contribution in [0.2, 0.25) is 0 Å². The van der Waals surface area contributed by atoms with Gasteiger partial charge in [0.05, 0.1) is 11.8 Å². The van der Waals surface area contributed by atoms with Crippen molar-refractivity contribution in [2.24, 2.45) is 0 Å². The molecule has 1 aliphatic rings. The molecule has 3 heterocycles. The van der Waals surface area contributed by atoms with Gasteiger partial charge in [-0.15, -0.1) is 0 Å². The Labute approximate surface area is 172 Å². The molecule has 0 spiro atoms. The van der Waals surface area contributed by atoms with Gasteiger partial charge in [0, 0.05) is 37.1 Å². The molecule has 2 aromatic carbocycles. The highest BCUT2D eigenvalue weighted by molar-refractivity contribution is 5.95. The number of hydrogen-bond donors (Lipinski definition) is 0. The number of para-hydroxylation sites is 1. The summed E-state index contributed by atoms with van der Waals surface area (Å²) >= 11 is 0. The van der Waals surface area contributed by atoms with E-state index in [1.807, 2.05) is 36.4 Å². The molecule has 1 fully saturated rings. The summed E-state index contributed by atoms with van der Waals surface area (Å²) in [6, 6.07) is 17.3. The second kappa shape index (κ2) is 7.59. The zero-order valence-corrected chi connectivity index (χ0v) is 16.2. The molecule has 1 saturated heterocycles. The van der Waals surface area contributed by atoms with E-state index in [0.717, 1.165) is 16.7 Å². The van der Waals surface area contributed by atoms with E-state index in [2.05, 4.69) is 9.88 Å². The standard InChI is InChI=1S/C23H19FN4O2/c24-17-6-3-5-16(15-17)23(29)28-12-10-27(11-13-28)22-18-7-1-2-8-19(18)25-21(26-22)20-9-4-14-30-20/h1-9,14-15H,10-13H2. The van der Waals surface area contributed by atoms with E-state index in [-0.39, 0.29) is 5.91 Å². The number of amides is 1. The van der Waals surface area contributed by atoms with E-state index >= 15 is 0 Å². The smallest absolute Gasteiger partial charge is 0.254 e. The van der Waals surface area contributed by atoms with Crippen molar-refractivity contribution in [2.75, 3.05) is 31.1 Å². The summed E-state index contributed by atoms with van der Waals surface area (Å²) in [7, 11) is 0. The molecule has 0 aliphatic carbocycles. The lowest BCUT2D eigenvalue weighted by Crippen LogP contribution is -2.49. The van der Waals surface area contributed by atoms with Crippen LogP contribution in [0.3, 0.4) is 0 Å². The lowest BCUT2D eigenvalue weighted by atomic mass is 10.1. The molecule has 7 heteroatoms. The molecule has 4 aromatic rings. The minimum absolute atomic E-state index is 0.155. The van der Waals surface area contributed by atoms with Crippen LogP contribution >= 0.6 is 0 Å². The summed E-state index contributed by atoms with van der Waals surface area (Å²) in [5, 5.41) is 0.956. The number of anilines is 1. The van der Waals surface area contributed by atoms with E-state index < -0.39 is 5.82 Å². The topological polar surface area (TPSA) is 62.5 Å². The molecule has 0 unspecified atom stereocenters. The van der Waals surface area contributed by atoms with Crippen LogP contribution in [-0.4, -0.2) is 47.0 Å². The Morgan fingerprint density at radius 1 is 0.933 bits per heavy atom. The Morgan fingerprint density at radius 3 is 2.53 bits per heavy atom. The molecule has 30 heavy (non-hydrogen) atoms. The van der Waals surface area contributed by atoms with Crippen molar-refractivity contribution in [3.05, 3.63) is 78.3 Å². The highest BCUT2D eigenvalue weighted by atomic mass is 19.1. The Kier molecular flexibility index (Phi) is 4.63. The molecule has 1 aliphatic heterocycles. The van der Waals surface area contributed by atoms with Gasteiger partial charge in [0.2, 0.25) is 0 Å². The third kappa shape index (κ3) is 3.39. The molecule has 0 atom stereocenters. The van der Waals surface area contributed by atoms with Gasteiger partial charge in [0.15, 0.2) is 11.6 Å². The number of aromatic nitrogens is 2. The SMILES string of the molecule is O=C(c1cccc(F)c1)N1CCN(c2nc(-c3ccco3)nc3ccccc23)CC1. The predicted octanol–water partition coefficient (Wildman–Crippen LogP) is 3.99. The van der Waals surface area contributed by atoms with Crippen molar-refractivity contribution in [3.8, 4) is 11.6 Å². The maximum absolute atomic E-state index is 13.5. The molecule has 1 amide bonds. The zero-order valence-electron chi connectivity index (χ0n) is 16.2. The fraction of sp³-hybridized carbons (Fsp3) is 0.174. The first-order chi connectivity index (χ1) is 14.7. The van der Waals surface area contributed by atoms with Gasteiger partial charge in [-0.05, 0) is 42.5 Å². The molecule has 2 aromatic heterocycles. The first-order valence-electron chi connectivity index (χ1n) is 9.79. The number of hydrogen-bond acceptors (Lipinski definition) is 5. The van der Waals surface area contributed by atoms with E-state index in [9.17, 15) is 9.18 Å². The number of carbonyl (C=O) groups excluding carboxylic acids is 1. The Balaban J connectivity index is 1.41. The predicted molar refractivity (Wildman–Crippen MR) is 112 cm³/mol. The second-order valence-corrected chi connectivity index (χ2v) is 7.15. The summed E-state index contributed by atoms with van der Waals surface area (Å²) in [5.41, 5.74) is 1.21. The zero-order chi connectivity index (χ0) is 20.5. The quantitative estimate of drug-likeness (QED) is 0.519. The summed E-state index contributed by atoms with van der Waals surface area (Å²) in [6.45, 7) is 2.31. The maximum Gasteiger partial charge on any atom is 0.254 e. The Hall–Kier alpha value is -3.74. The maximum atomic E-state index is 13.5. The molecule has 0 bridgehead atoms. The fourth-order valence-corrected chi connectivity index (χ4v) is 3.74. The van der Waals surface area contributed by atoms with Gasteiger partial charge in [-0.25, -0.2) is 14.4 Å². The van der Waals surface area contributed by atoms with Crippen LogP contribution in [0.25, 0.3) is 22.5 Å². The Morgan fingerprint density at radius 2 is 1.77 bits per heavy atom. The van der Waals surface area contributed by atoms with Gasteiger partial charge in [-0.1, -0.05) is 18.2 Å². The van der Waals surface area contributed by atoms with Crippen molar-refractivity contribution in [1.82, 2.24) is 14.9 Å². The number of halogens is 1. The van der Waals surface area contributed by atoms with E-state index in [0.29, 0.717) is 43.3 Å². The van der Waals surface area contributed by atoms with Crippen LogP contribution < -0.4 is 4.90 Å². The van der Waals surface area contributed by atoms with E-state index in [1.165, 1.54) is 12.1 Å². The van der Waals surface area contributed by atoms with E-state index in [4.69, 9.17) is 9.40 Å². The summed E-state index contributed by atoms with van der Waals surface area (Å²) < 4.78 is 19.0. The van der Waals surface area contributed by atoms with Crippen molar-refractivity contribution < 1.29 is 13.6 Å². The molecule has 0 saturated carbocycles. The lowest BCUT2D eigenvalue weighted by molar-refractivity contribution is 0.0746. The number of rotatable bonds is 3. The van der Waals surface area contributed by atoms with Crippen LogP contribution in [0.1, 0.15) is 10.4 Å². The van der Waals surface area contributed by atoms with Gasteiger partial charge in [-0.3, -0.25) is 4.79 Å². The van der Waals surface area contributed by atoms with Crippen LogP contribution in [0.4, 0.5) is 10.2 Å². The summed E-state index contributed by atoms with van der Waals surface area (Å²) in [5.74, 6) is 1.41. The van der Waals surface area contributed by atoms with Gasteiger partial charge in [0.25, 0.3) is 5.91 Å². The van der Waals surface area contributed by atoms with Crippen molar-refractivity contribution >= 4 is 22.6 Å². The Bertz CT molecular complexity index is 1200. The lowest BCUT2D eigenvalue weighted by Gasteiger charge is -2.36. The third-order valence-electron chi connectivity index (χ3n) is 5.26. The second-order valence-electron chi connectivity index (χ2n) is 7.15. The number of carbonyl (C=O) groups is 1. The highest BCUT2D eigenvalue weighted by Gasteiger charge is 2.25. The minimum Gasteiger partial charge on any atom is -0.461 e. The largest absolute Gasteiger partial charge is 0.461 e. The normalized spacial score (nSPS) is 14.3. The molecule has 5 rings (SSSR count). The monoisotopic (exact) mass is 402 g/mol. The average molecular weight is 402 g/mol. The molecule has 6 nitrogen and oxygen atoms in total. The molecule has 150 valence electrons. The van der Waals surface area contributed by atoms with Crippen LogP contribution in [0.15, 0.2) is 71.3 Å². The van der Waals surface area contributed by atoms with Crippen molar-refractivity contribution in [1.29, 1.82) is 0 Å². The van der Waals surface area contributed by atoms with Gasteiger partial charge < -0.3 is 14.2 Å². The average Bonchev–Trinajstić information content (AvgIpc) is 3.33. The van der Waals surface area contributed by atoms with Crippen molar-refractivity contribution in [2.45, 2.75) is 0 Å². The number of piperazine rings is 1. The fourth-order valence-electron chi connectivity index (χ4n) is 3.74. The summed E-state index contributed by atoms with van der Waals surface area (Å²) in [6.07, 6.45) is 1.60. The van der Waals surface area contributed by atoms with Crippen LogP contribution in [-0.2, 0) is 0 Å². The number of benzene rings is 2. The number of nitrogens with zero attached hydrogens (tertiary/aromatic N) is 4. The van der Waals surface area contributed by atoms with E-state index in [1.54, 1.807) is 23.3 Å². The number of furan rings is 1. The van der Waals surface area contributed by atoms with Gasteiger partial charge in [0.1, 0.15) is 11.6 Å². The number of fused-ring (bicyclic) bond motifs is 1. The van der Waals surface area contributed by atoms with Crippen LogP contribution in [0.5, 0.6) is 0 Å². The molecule has 0 N–H and O–H groups in total. The molecular weight excluding hydrogens is 383 g/mol. The van der Waals surface area contributed by atoms with Crippen molar-refractivity contribution in [3.63, 3.8) is 0 Å². The molecular formula is C23H19FN4O2. The van der Waals surface area contributed by atoms with Crippen LogP contribution in [0, 0.1) is 5.82 Å². The first kappa shape index (κ1) is 18.3. The third-order valence-corrected chi connectivity index (χ3v) is 5.26.